The highest BCUT2D eigenvalue weighted by Gasteiger charge is 1.94. The summed E-state index contributed by atoms with van der Waals surface area (Å²) in [5.41, 5.74) is 1.18. The lowest BCUT2D eigenvalue weighted by atomic mass is 10.1. The number of hydrogen-bond donors (Lipinski definition) is 0. The molecule has 0 fully saturated rings. The van der Waals surface area contributed by atoms with Crippen LogP contribution in [0.3, 0.4) is 0 Å². The van der Waals surface area contributed by atoms with E-state index in [1.165, 1.54) is 57.1 Å². The Bertz CT molecular complexity index is 246. The van der Waals surface area contributed by atoms with E-state index in [1.54, 1.807) is 6.33 Å². The highest BCUT2D eigenvalue weighted by Crippen LogP contribution is 2.09. The second kappa shape index (κ2) is 9.32. The minimum atomic E-state index is 1.11. The van der Waals surface area contributed by atoms with Gasteiger partial charge in [0, 0.05) is 11.9 Å². The Morgan fingerprint density at radius 1 is 0.938 bits per heavy atom. The smallest absolute Gasteiger partial charge is 0.115 e. The van der Waals surface area contributed by atoms with Crippen LogP contribution in [0.25, 0.3) is 0 Å². The minimum Gasteiger partial charge on any atom is -0.245 e. The lowest BCUT2D eigenvalue weighted by molar-refractivity contribution is 0.574. The van der Waals surface area contributed by atoms with Crippen LogP contribution in [0, 0.1) is 0 Å². The third kappa shape index (κ3) is 6.54. The van der Waals surface area contributed by atoms with Crippen molar-refractivity contribution in [2.75, 3.05) is 0 Å². The fourth-order valence-electron chi connectivity index (χ4n) is 1.91. The van der Waals surface area contributed by atoms with Gasteiger partial charge in [0.15, 0.2) is 0 Å². The first kappa shape index (κ1) is 13.1. The predicted molar refractivity (Wildman–Crippen MR) is 68.3 cm³/mol. The maximum atomic E-state index is 4.23. The molecule has 2 heteroatoms. The van der Waals surface area contributed by atoms with Gasteiger partial charge in [-0.1, -0.05) is 51.9 Å². The Kier molecular flexibility index (Phi) is 7.65. The maximum Gasteiger partial charge on any atom is 0.115 e. The number of nitrogens with zero attached hydrogens (tertiary/aromatic N) is 2. The average Bonchev–Trinajstić information content (AvgIpc) is 2.34. The normalized spacial score (nSPS) is 10.6. The van der Waals surface area contributed by atoms with Crippen LogP contribution in [-0.2, 0) is 6.42 Å². The minimum absolute atomic E-state index is 1.11. The van der Waals surface area contributed by atoms with E-state index in [1.807, 2.05) is 12.3 Å². The van der Waals surface area contributed by atoms with Crippen LogP contribution >= 0.6 is 0 Å². The van der Waals surface area contributed by atoms with Crippen molar-refractivity contribution in [3.05, 3.63) is 24.3 Å². The van der Waals surface area contributed by atoms with Crippen LogP contribution in [0.1, 0.15) is 64.0 Å². The van der Waals surface area contributed by atoms with E-state index in [0.717, 1.165) is 6.42 Å². The van der Waals surface area contributed by atoms with Crippen LogP contribution in [0.15, 0.2) is 18.6 Å². The molecule has 0 spiro atoms. The van der Waals surface area contributed by atoms with Gasteiger partial charge in [0.2, 0.25) is 0 Å². The quantitative estimate of drug-likeness (QED) is 0.584. The molecule has 0 saturated carbocycles. The second-order valence-corrected chi connectivity index (χ2v) is 4.43. The molecular weight excluding hydrogens is 196 g/mol. The lowest BCUT2D eigenvalue weighted by Crippen LogP contribution is -1.90. The summed E-state index contributed by atoms with van der Waals surface area (Å²) >= 11 is 0. The standard InChI is InChI=1S/C14H24N2/c1-2-3-4-5-6-7-8-9-10-14-11-12-15-13-16-14/h11-13H,2-10H2,1H3. The molecule has 0 radical (unpaired) electrons. The van der Waals surface area contributed by atoms with Crippen molar-refractivity contribution >= 4 is 0 Å². The Hall–Kier alpha value is -0.920. The Balaban J connectivity index is 1.89. The van der Waals surface area contributed by atoms with Gasteiger partial charge < -0.3 is 0 Å². The summed E-state index contributed by atoms with van der Waals surface area (Å²) in [5, 5.41) is 0. The molecule has 0 amide bonds. The molecule has 0 aliphatic heterocycles. The van der Waals surface area contributed by atoms with E-state index < -0.39 is 0 Å². The number of rotatable bonds is 9. The van der Waals surface area contributed by atoms with Crippen LogP contribution in [0.4, 0.5) is 0 Å². The molecule has 0 bridgehead atoms. The number of aromatic nitrogens is 2. The number of unbranched alkanes of at least 4 members (excludes halogenated alkanes) is 7. The van der Waals surface area contributed by atoms with E-state index in [9.17, 15) is 0 Å². The number of hydrogen-bond acceptors (Lipinski definition) is 2. The third-order valence-electron chi connectivity index (χ3n) is 2.93. The zero-order chi connectivity index (χ0) is 11.5. The molecule has 90 valence electrons. The summed E-state index contributed by atoms with van der Waals surface area (Å²) in [7, 11) is 0. The first-order chi connectivity index (χ1) is 7.93. The zero-order valence-corrected chi connectivity index (χ0v) is 10.5. The highest BCUT2D eigenvalue weighted by atomic mass is 14.8. The lowest BCUT2D eigenvalue weighted by Gasteiger charge is -2.01. The van der Waals surface area contributed by atoms with Crippen molar-refractivity contribution in [2.24, 2.45) is 0 Å². The zero-order valence-electron chi connectivity index (χ0n) is 10.5. The van der Waals surface area contributed by atoms with Crippen LogP contribution in [-0.4, -0.2) is 9.97 Å². The summed E-state index contributed by atoms with van der Waals surface area (Å²) in [5.74, 6) is 0. The van der Waals surface area contributed by atoms with Crippen molar-refractivity contribution in [1.82, 2.24) is 9.97 Å². The van der Waals surface area contributed by atoms with E-state index in [2.05, 4.69) is 16.9 Å². The molecule has 2 nitrogen and oxygen atoms in total. The molecule has 0 aromatic carbocycles. The fourth-order valence-corrected chi connectivity index (χ4v) is 1.91. The summed E-state index contributed by atoms with van der Waals surface area (Å²) in [6.07, 6.45) is 15.6. The van der Waals surface area contributed by atoms with Gasteiger partial charge in [0.1, 0.15) is 6.33 Å². The largest absolute Gasteiger partial charge is 0.245 e. The van der Waals surface area contributed by atoms with E-state index >= 15 is 0 Å². The molecule has 1 heterocycles. The molecule has 0 aliphatic rings. The fraction of sp³-hybridized carbons (Fsp3) is 0.714. The van der Waals surface area contributed by atoms with Crippen LogP contribution in [0.2, 0.25) is 0 Å². The summed E-state index contributed by atoms with van der Waals surface area (Å²) < 4.78 is 0. The molecule has 0 N–H and O–H groups in total. The number of aryl methyl sites for hydroxylation is 1. The first-order valence-corrected chi connectivity index (χ1v) is 6.68. The molecule has 0 atom stereocenters. The maximum absolute atomic E-state index is 4.23. The van der Waals surface area contributed by atoms with Gasteiger partial charge in [0.05, 0.1) is 0 Å². The summed E-state index contributed by atoms with van der Waals surface area (Å²) in [4.78, 5) is 8.15. The first-order valence-electron chi connectivity index (χ1n) is 6.68. The molecule has 0 saturated heterocycles. The second-order valence-electron chi connectivity index (χ2n) is 4.43. The van der Waals surface area contributed by atoms with E-state index in [4.69, 9.17) is 0 Å². The predicted octanol–water partition coefficient (Wildman–Crippen LogP) is 4.16. The van der Waals surface area contributed by atoms with Gasteiger partial charge in [-0.3, -0.25) is 0 Å². The van der Waals surface area contributed by atoms with E-state index in [-0.39, 0.29) is 0 Å². The molecule has 1 aromatic rings. The van der Waals surface area contributed by atoms with Gasteiger partial charge in [0.25, 0.3) is 0 Å². The monoisotopic (exact) mass is 220 g/mol. The van der Waals surface area contributed by atoms with Crippen LogP contribution < -0.4 is 0 Å². The van der Waals surface area contributed by atoms with Gasteiger partial charge in [-0.2, -0.15) is 0 Å². The highest BCUT2D eigenvalue weighted by molar-refractivity contribution is 4.97. The molecule has 1 aromatic heterocycles. The molecular formula is C14H24N2. The van der Waals surface area contributed by atoms with Crippen molar-refractivity contribution in [2.45, 2.75) is 64.7 Å². The molecule has 0 unspecified atom stereocenters. The summed E-state index contributed by atoms with van der Waals surface area (Å²) in [6.45, 7) is 2.27. The Morgan fingerprint density at radius 2 is 1.62 bits per heavy atom. The van der Waals surface area contributed by atoms with Gasteiger partial charge in [-0.05, 0) is 18.9 Å². The van der Waals surface area contributed by atoms with Crippen molar-refractivity contribution in [1.29, 1.82) is 0 Å². The van der Waals surface area contributed by atoms with Crippen molar-refractivity contribution < 1.29 is 0 Å². The van der Waals surface area contributed by atoms with Gasteiger partial charge >= 0.3 is 0 Å². The van der Waals surface area contributed by atoms with Crippen molar-refractivity contribution in [3.63, 3.8) is 0 Å². The molecule has 1 rings (SSSR count). The average molecular weight is 220 g/mol. The van der Waals surface area contributed by atoms with Crippen molar-refractivity contribution in [3.8, 4) is 0 Å². The Morgan fingerprint density at radius 3 is 2.25 bits per heavy atom. The van der Waals surface area contributed by atoms with Gasteiger partial charge in [-0.15, -0.1) is 0 Å². The summed E-state index contributed by atoms with van der Waals surface area (Å²) in [6, 6.07) is 2.02. The molecule has 0 aliphatic carbocycles. The third-order valence-corrected chi connectivity index (χ3v) is 2.93. The van der Waals surface area contributed by atoms with Gasteiger partial charge in [-0.25, -0.2) is 9.97 Å². The molecule has 16 heavy (non-hydrogen) atoms. The SMILES string of the molecule is CCCCCCCCCCc1ccncn1. The van der Waals surface area contributed by atoms with Crippen LogP contribution in [0.5, 0.6) is 0 Å². The Labute approximate surface area is 99.5 Å². The topological polar surface area (TPSA) is 25.8 Å². The van der Waals surface area contributed by atoms with E-state index in [0.29, 0.717) is 0 Å².